The molecule has 0 saturated carbocycles. The largest absolute Gasteiger partial charge is 0.468 e. The number of Topliss-reactive ketones (excluding diaryl/α,β-unsaturated/α-hetero) is 1. The lowest BCUT2D eigenvalue weighted by Crippen LogP contribution is -2.31. The van der Waals surface area contributed by atoms with Gasteiger partial charge in [0.15, 0.2) is 5.78 Å². The van der Waals surface area contributed by atoms with Crippen molar-refractivity contribution in [3.05, 3.63) is 18.0 Å². The number of carbonyl (C=O) groups is 2. The number of methoxy groups -OCH3 is 1. The average molecular weight is 213 g/mol. The Balaban J connectivity index is 2.92. The Kier molecular flexibility index (Phi) is 3.40. The summed E-state index contributed by atoms with van der Waals surface area (Å²) in [6, 6.07) is 1.36. The van der Waals surface area contributed by atoms with Gasteiger partial charge in [0.25, 0.3) is 0 Å². The molecule has 0 aliphatic rings. The number of nitrogen functional groups attached to an aromatic ring is 1. The van der Waals surface area contributed by atoms with E-state index in [0.717, 1.165) is 11.9 Å². The Bertz CT molecular complexity index is 374. The molecule has 0 fully saturated rings. The molecular formula is C8H11N3O4. The highest BCUT2D eigenvalue weighted by Crippen LogP contribution is 2.08. The van der Waals surface area contributed by atoms with E-state index in [9.17, 15) is 9.59 Å². The molecule has 0 aromatic carbocycles. The number of carbonyl (C=O) groups excluding carboxylic acids is 2. The van der Waals surface area contributed by atoms with Crippen molar-refractivity contribution < 1.29 is 19.4 Å². The van der Waals surface area contributed by atoms with E-state index in [-0.39, 0.29) is 5.69 Å². The zero-order valence-electron chi connectivity index (χ0n) is 8.08. The Morgan fingerprint density at radius 3 is 2.80 bits per heavy atom. The third-order valence-electron chi connectivity index (χ3n) is 1.91. The van der Waals surface area contributed by atoms with Gasteiger partial charge in [-0.15, -0.1) is 0 Å². The van der Waals surface area contributed by atoms with Crippen LogP contribution < -0.4 is 5.84 Å². The molecule has 0 amide bonds. The van der Waals surface area contributed by atoms with Crippen molar-refractivity contribution in [2.24, 2.45) is 5.92 Å². The van der Waals surface area contributed by atoms with Gasteiger partial charge in [-0.2, -0.15) is 9.89 Å². The van der Waals surface area contributed by atoms with Gasteiger partial charge in [-0.3, -0.25) is 9.59 Å². The number of ketones is 1. The van der Waals surface area contributed by atoms with Crippen LogP contribution in [0.15, 0.2) is 12.3 Å². The first-order chi connectivity index (χ1) is 7.11. The molecule has 1 heterocycles. The standard InChI is InChI=1S/C8H11N3O4/c1-15-8(14)5(4-12)7(13)6-2-3-10-11(6)9/h2-3,5,12H,4,9H2,1H3. The van der Waals surface area contributed by atoms with E-state index in [1.807, 2.05) is 0 Å². The SMILES string of the molecule is COC(=O)C(CO)C(=O)c1ccnn1N. The Hall–Kier alpha value is -1.89. The Morgan fingerprint density at radius 2 is 2.40 bits per heavy atom. The van der Waals surface area contributed by atoms with Crippen molar-refractivity contribution in [3.63, 3.8) is 0 Å². The van der Waals surface area contributed by atoms with Crippen LogP contribution in [0.1, 0.15) is 10.5 Å². The van der Waals surface area contributed by atoms with E-state index in [0.29, 0.717) is 0 Å². The van der Waals surface area contributed by atoms with Crippen molar-refractivity contribution in [2.45, 2.75) is 0 Å². The van der Waals surface area contributed by atoms with Crippen molar-refractivity contribution in [1.82, 2.24) is 9.89 Å². The summed E-state index contributed by atoms with van der Waals surface area (Å²) >= 11 is 0. The van der Waals surface area contributed by atoms with Crippen LogP contribution in [0.2, 0.25) is 0 Å². The second-order valence-corrected chi connectivity index (χ2v) is 2.78. The summed E-state index contributed by atoms with van der Waals surface area (Å²) in [5, 5.41) is 12.5. The zero-order valence-corrected chi connectivity index (χ0v) is 8.08. The van der Waals surface area contributed by atoms with Gasteiger partial charge in [0, 0.05) is 0 Å². The van der Waals surface area contributed by atoms with Crippen LogP contribution in [-0.4, -0.2) is 40.5 Å². The number of aliphatic hydroxyl groups is 1. The maximum absolute atomic E-state index is 11.7. The molecule has 0 saturated heterocycles. The van der Waals surface area contributed by atoms with Crippen LogP contribution in [0, 0.1) is 5.92 Å². The third-order valence-corrected chi connectivity index (χ3v) is 1.91. The molecule has 7 heteroatoms. The Labute approximate surface area is 85.4 Å². The maximum atomic E-state index is 11.7. The topological polar surface area (TPSA) is 107 Å². The van der Waals surface area contributed by atoms with Crippen LogP contribution in [0.4, 0.5) is 0 Å². The van der Waals surface area contributed by atoms with Gasteiger partial charge in [0.05, 0.1) is 19.9 Å². The van der Waals surface area contributed by atoms with Crippen molar-refractivity contribution in [1.29, 1.82) is 0 Å². The number of aromatic nitrogens is 2. The number of nitrogens with two attached hydrogens (primary N) is 1. The molecule has 1 atom stereocenters. The zero-order chi connectivity index (χ0) is 11.4. The molecule has 0 radical (unpaired) electrons. The normalized spacial score (nSPS) is 12.1. The monoisotopic (exact) mass is 213 g/mol. The molecule has 82 valence electrons. The predicted octanol–water partition coefficient (Wildman–Crippen LogP) is -1.44. The summed E-state index contributed by atoms with van der Waals surface area (Å²) in [4.78, 5) is 23.6. The number of esters is 1. The van der Waals surface area contributed by atoms with Crippen molar-refractivity contribution in [3.8, 4) is 0 Å². The summed E-state index contributed by atoms with van der Waals surface area (Å²) in [6.45, 7) is -0.628. The molecule has 1 aromatic rings. The quantitative estimate of drug-likeness (QED) is 0.274. The van der Waals surface area contributed by atoms with Gasteiger partial charge in [-0.1, -0.05) is 0 Å². The number of hydrogen-bond donors (Lipinski definition) is 2. The molecule has 0 aliphatic carbocycles. The number of aliphatic hydroxyl groups excluding tert-OH is 1. The molecule has 0 aliphatic heterocycles. The van der Waals surface area contributed by atoms with Crippen LogP contribution in [0.3, 0.4) is 0 Å². The fourth-order valence-electron chi connectivity index (χ4n) is 1.09. The molecule has 1 rings (SSSR count). The van der Waals surface area contributed by atoms with Crippen LogP contribution in [0.5, 0.6) is 0 Å². The first-order valence-electron chi connectivity index (χ1n) is 4.13. The van der Waals surface area contributed by atoms with E-state index < -0.39 is 24.3 Å². The fraction of sp³-hybridized carbons (Fsp3) is 0.375. The maximum Gasteiger partial charge on any atom is 0.319 e. The molecule has 3 N–H and O–H groups in total. The predicted molar refractivity (Wildman–Crippen MR) is 49.3 cm³/mol. The Morgan fingerprint density at radius 1 is 1.73 bits per heavy atom. The third kappa shape index (κ3) is 2.13. The smallest absolute Gasteiger partial charge is 0.319 e. The summed E-state index contributed by atoms with van der Waals surface area (Å²) in [5.41, 5.74) is 0.0412. The molecule has 7 nitrogen and oxygen atoms in total. The minimum Gasteiger partial charge on any atom is -0.468 e. The summed E-state index contributed by atoms with van der Waals surface area (Å²) in [5.74, 6) is 2.65. The summed E-state index contributed by atoms with van der Waals surface area (Å²) in [7, 11) is 1.14. The van der Waals surface area contributed by atoms with Crippen molar-refractivity contribution in [2.75, 3.05) is 19.6 Å². The van der Waals surface area contributed by atoms with E-state index >= 15 is 0 Å². The van der Waals surface area contributed by atoms with Crippen LogP contribution in [0.25, 0.3) is 0 Å². The average Bonchev–Trinajstić information content (AvgIpc) is 2.65. The van der Waals surface area contributed by atoms with Gasteiger partial charge in [-0.25, -0.2) is 0 Å². The molecule has 15 heavy (non-hydrogen) atoms. The van der Waals surface area contributed by atoms with Gasteiger partial charge >= 0.3 is 5.97 Å². The van der Waals surface area contributed by atoms with Crippen LogP contribution >= 0.6 is 0 Å². The molecule has 0 spiro atoms. The molecule has 0 bridgehead atoms. The van der Waals surface area contributed by atoms with Gasteiger partial charge in [0.2, 0.25) is 0 Å². The lowest BCUT2D eigenvalue weighted by Gasteiger charge is -2.09. The van der Waals surface area contributed by atoms with Crippen molar-refractivity contribution >= 4 is 11.8 Å². The number of ether oxygens (including phenoxy) is 1. The highest BCUT2D eigenvalue weighted by molar-refractivity contribution is 6.07. The molecule has 1 aromatic heterocycles. The van der Waals surface area contributed by atoms with Crippen LogP contribution in [-0.2, 0) is 9.53 Å². The number of rotatable bonds is 4. The van der Waals surface area contributed by atoms with E-state index in [2.05, 4.69) is 9.84 Å². The fourth-order valence-corrected chi connectivity index (χ4v) is 1.09. The summed E-state index contributed by atoms with van der Waals surface area (Å²) in [6.07, 6.45) is 1.32. The molecule has 1 unspecified atom stereocenters. The van der Waals surface area contributed by atoms with Gasteiger partial charge in [-0.05, 0) is 6.07 Å². The highest BCUT2D eigenvalue weighted by Gasteiger charge is 2.29. The van der Waals surface area contributed by atoms with Gasteiger partial charge in [0.1, 0.15) is 11.6 Å². The number of hydrogen-bond acceptors (Lipinski definition) is 6. The molecular weight excluding hydrogens is 202 g/mol. The van der Waals surface area contributed by atoms with E-state index in [1.165, 1.54) is 12.3 Å². The lowest BCUT2D eigenvalue weighted by atomic mass is 10.0. The lowest BCUT2D eigenvalue weighted by molar-refractivity contribution is -0.144. The first kappa shape index (κ1) is 11.2. The highest BCUT2D eigenvalue weighted by atomic mass is 16.5. The van der Waals surface area contributed by atoms with E-state index in [1.54, 1.807) is 0 Å². The first-order valence-corrected chi connectivity index (χ1v) is 4.13. The second-order valence-electron chi connectivity index (χ2n) is 2.78. The van der Waals surface area contributed by atoms with Gasteiger partial charge < -0.3 is 15.7 Å². The number of nitrogens with zero attached hydrogens (tertiary/aromatic N) is 2. The minimum atomic E-state index is -1.26. The summed E-state index contributed by atoms with van der Waals surface area (Å²) < 4.78 is 4.37. The second kappa shape index (κ2) is 4.56. The van der Waals surface area contributed by atoms with E-state index in [4.69, 9.17) is 10.9 Å². The minimum absolute atomic E-state index is 0.0412.